The lowest BCUT2D eigenvalue weighted by Gasteiger charge is -2.40. The molecule has 24 heavy (non-hydrogen) atoms. The van der Waals surface area contributed by atoms with Crippen LogP contribution in [0.5, 0.6) is 0 Å². The van der Waals surface area contributed by atoms with Gasteiger partial charge in [0, 0.05) is 13.1 Å². The molecule has 4 rings (SSSR count). The molecule has 5 nitrogen and oxygen atoms in total. The zero-order valence-electron chi connectivity index (χ0n) is 13.2. The van der Waals surface area contributed by atoms with Crippen LogP contribution in [0.2, 0.25) is 0 Å². The number of primary amides is 1. The molecule has 1 fully saturated rings. The lowest BCUT2D eigenvalue weighted by Crippen LogP contribution is -2.50. The summed E-state index contributed by atoms with van der Waals surface area (Å²) in [5, 5.41) is 3.11. The second-order valence-corrected chi connectivity index (χ2v) is 7.03. The molecule has 0 saturated carbocycles. The van der Waals surface area contributed by atoms with Crippen LogP contribution in [0, 0.1) is 0 Å². The Hall–Kier alpha value is -2.47. The highest BCUT2D eigenvalue weighted by Crippen LogP contribution is 2.38. The van der Waals surface area contributed by atoms with Crippen LogP contribution in [0.4, 0.5) is 5.82 Å². The summed E-state index contributed by atoms with van der Waals surface area (Å²) in [5.74, 6) is 0.712. The summed E-state index contributed by atoms with van der Waals surface area (Å²) in [6.07, 6.45) is 3.01. The smallest absolute Gasteiger partial charge is 0.228 e. The van der Waals surface area contributed by atoms with E-state index in [0.29, 0.717) is 12.8 Å². The highest BCUT2D eigenvalue weighted by atomic mass is 32.1. The first kappa shape index (κ1) is 15.1. The normalized spacial score (nSPS) is 17.1. The number of aromatic nitrogens is 2. The summed E-state index contributed by atoms with van der Waals surface area (Å²) < 4.78 is 0. The van der Waals surface area contributed by atoms with Crippen LogP contribution in [0.25, 0.3) is 10.2 Å². The monoisotopic (exact) mass is 338 g/mol. The molecule has 1 saturated heterocycles. The third-order valence-corrected chi connectivity index (χ3v) is 5.78. The average Bonchev–Trinajstić information content (AvgIpc) is 3.11. The third-order valence-electron chi connectivity index (χ3n) is 4.96. The standard InChI is InChI=1S/C18H18N4OS/c19-17(23)18(13-4-2-1-3-5-13)7-9-22(10-8-18)15-14-6-11-24-16(14)21-12-20-15/h1-6,11-12H,7-10H2,(H2,19,23). The van der Waals surface area contributed by atoms with E-state index in [1.165, 1.54) is 0 Å². The second kappa shape index (κ2) is 5.87. The molecule has 1 aliphatic heterocycles. The van der Waals surface area contributed by atoms with Crippen molar-refractivity contribution in [2.75, 3.05) is 18.0 Å². The van der Waals surface area contributed by atoms with Gasteiger partial charge in [0.25, 0.3) is 0 Å². The minimum absolute atomic E-state index is 0.239. The van der Waals surface area contributed by atoms with Gasteiger partial charge in [0.05, 0.1) is 10.8 Å². The summed E-state index contributed by atoms with van der Waals surface area (Å²) in [6, 6.07) is 12.0. The average molecular weight is 338 g/mol. The predicted octanol–water partition coefficient (Wildman–Crippen LogP) is 2.71. The molecule has 0 spiro atoms. The number of benzene rings is 1. The van der Waals surface area contributed by atoms with E-state index in [-0.39, 0.29) is 5.91 Å². The van der Waals surface area contributed by atoms with Crippen molar-refractivity contribution in [1.29, 1.82) is 0 Å². The lowest BCUT2D eigenvalue weighted by molar-refractivity contribution is -0.124. The molecule has 6 heteroatoms. The number of thiophene rings is 1. The number of hydrogen-bond acceptors (Lipinski definition) is 5. The number of carbonyl (C=O) groups excluding carboxylic acids is 1. The number of hydrogen-bond donors (Lipinski definition) is 1. The first-order valence-electron chi connectivity index (χ1n) is 7.99. The third kappa shape index (κ3) is 2.34. The molecule has 2 aromatic heterocycles. The molecule has 122 valence electrons. The summed E-state index contributed by atoms with van der Waals surface area (Å²) in [4.78, 5) is 24.3. The lowest BCUT2D eigenvalue weighted by atomic mass is 9.72. The van der Waals surface area contributed by atoms with Crippen LogP contribution in [0.1, 0.15) is 18.4 Å². The summed E-state index contributed by atoms with van der Waals surface area (Å²) >= 11 is 1.62. The number of carbonyl (C=O) groups is 1. The predicted molar refractivity (Wildman–Crippen MR) is 96.2 cm³/mol. The van der Waals surface area contributed by atoms with Gasteiger partial charge in [-0.15, -0.1) is 11.3 Å². The molecule has 0 aliphatic carbocycles. The van der Waals surface area contributed by atoms with E-state index in [4.69, 9.17) is 5.73 Å². The van der Waals surface area contributed by atoms with Crippen molar-refractivity contribution in [3.63, 3.8) is 0 Å². The van der Waals surface area contributed by atoms with Crippen molar-refractivity contribution in [3.8, 4) is 0 Å². The van der Waals surface area contributed by atoms with E-state index < -0.39 is 5.41 Å². The Bertz CT molecular complexity index is 869. The van der Waals surface area contributed by atoms with Crippen molar-refractivity contribution in [1.82, 2.24) is 9.97 Å². The molecule has 2 N–H and O–H groups in total. The van der Waals surface area contributed by atoms with Crippen molar-refractivity contribution in [2.45, 2.75) is 18.3 Å². The molecule has 0 unspecified atom stereocenters. The zero-order valence-corrected chi connectivity index (χ0v) is 14.0. The number of rotatable bonds is 3. The first-order chi connectivity index (χ1) is 11.7. The molecule has 0 bridgehead atoms. The zero-order chi connectivity index (χ0) is 16.6. The largest absolute Gasteiger partial charge is 0.369 e. The molecule has 1 aliphatic rings. The van der Waals surface area contributed by atoms with E-state index in [1.54, 1.807) is 17.7 Å². The fourth-order valence-corrected chi connectivity index (χ4v) is 4.29. The van der Waals surface area contributed by atoms with E-state index in [1.807, 2.05) is 35.7 Å². The number of nitrogens with two attached hydrogens (primary N) is 1. The number of fused-ring (bicyclic) bond motifs is 1. The molecular weight excluding hydrogens is 320 g/mol. The van der Waals surface area contributed by atoms with Crippen LogP contribution < -0.4 is 10.6 Å². The number of piperidine rings is 1. The number of anilines is 1. The number of amides is 1. The highest BCUT2D eigenvalue weighted by Gasteiger charge is 2.41. The van der Waals surface area contributed by atoms with Gasteiger partial charge >= 0.3 is 0 Å². The number of nitrogens with zero attached hydrogens (tertiary/aromatic N) is 3. The fourth-order valence-electron chi connectivity index (χ4n) is 3.56. The first-order valence-corrected chi connectivity index (χ1v) is 8.87. The molecule has 0 radical (unpaired) electrons. The summed E-state index contributed by atoms with van der Waals surface area (Å²) in [7, 11) is 0. The van der Waals surface area contributed by atoms with Crippen LogP contribution in [-0.4, -0.2) is 29.0 Å². The Morgan fingerprint density at radius 3 is 2.58 bits per heavy atom. The van der Waals surface area contributed by atoms with E-state index in [2.05, 4.69) is 20.9 Å². The Kier molecular flexibility index (Phi) is 3.69. The Morgan fingerprint density at radius 1 is 1.12 bits per heavy atom. The van der Waals surface area contributed by atoms with Gasteiger partial charge in [-0.2, -0.15) is 0 Å². The van der Waals surface area contributed by atoms with E-state index in [9.17, 15) is 4.79 Å². The Balaban J connectivity index is 1.64. The van der Waals surface area contributed by atoms with Crippen molar-refractivity contribution < 1.29 is 4.79 Å². The minimum Gasteiger partial charge on any atom is -0.369 e. The van der Waals surface area contributed by atoms with Gasteiger partial charge in [0.2, 0.25) is 5.91 Å². The maximum atomic E-state index is 12.3. The summed E-state index contributed by atoms with van der Waals surface area (Å²) in [5.41, 5.74) is 6.24. The van der Waals surface area contributed by atoms with Gasteiger partial charge in [-0.25, -0.2) is 9.97 Å². The quantitative estimate of drug-likeness (QED) is 0.797. The SMILES string of the molecule is NC(=O)C1(c2ccccc2)CCN(c2ncnc3sccc23)CC1. The van der Waals surface area contributed by atoms with Crippen LogP contribution >= 0.6 is 11.3 Å². The fraction of sp³-hybridized carbons (Fsp3) is 0.278. The van der Waals surface area contributed by atoms with E-state index >= 15 is 0 Å². The van der Waals surface area contributed by atoms with Gasteiger partial charge in [-0.05, 0) is 29.9 Å². The van der Waals surface area contributed by atoms with Crippen LogP contribution in [-0.2, 0) is 10.2 Å². The molecular formula is C18H18N4OS. The topological polar surface area (TPSA) is 72.1 Å². The van der Waals surface area contributed by atoms with Crippen molar-refractivity contribution in [2.24, 2.45) is 5.73 Å². The second-order valence-electron chi connectivity index (χ2n) is 6.14. The van der Waals surface area contributed by atoms with Crippen LogP contribution in [0.3, 0.4) is 0 Å². The molecule has 3 heterocycles. The van der Waals surface area contributed by atoms with Gasteiger partial charge in [0.15, 0.2) is 0 Å². The molecule has 1 aromatic carbocycles. The van der Waals surface area contributed by atoms with Crippen LogP contribution in [0.15, 0.2) is 48.1 Å². The van der Waals surface area contributed by atoms with E-state index in [0.717, 1.165) is 34.7 Å². The van der Waals surface area contributed by atoms with Gasteiger partial charge in [-0.3, -0.25) is 4.79 Å². The van der Waals surface area contributed by atoms with Gasteiger partial charge in [0.1, 0.15) is 17.0 Å². The molecule has 0 atom stereocenters. The Morgan fingerprint density at radius 2 is 1.88 bits per heavy atom. The maximum Gasteiger partial charge on any atom is 0.228 e. The molecule has 3 aromatic rings. The maximum absolute atomic E-state index is 12.3. The van der Waals surface area contributed by atoms with Crippen molar-refractivity contribution in [3.05, 3.63) is 53.7 Å². The minimum atomic E-state index is -0.585. The van der Waals surface area contributed by atoms with Gasteiger partial charge in [-0.1, -0.05) is 30.3 Å². The Labute approximate surface area is 144 Å². The summed E-state index contributed by atoms with van der Waals surface area (Å²) in [6.45, 7) is 1.50. The molecule has 1 amide bonds. The van der Waals surface area contributed by atoms with Crippen molar-refractivity contribution >= 4 is 33.3 Å². The van der Waals surface area contributed by atoms with Gasteiger partial charge < -0.3 is 10.6 Å². The highest BCUT2D eigenvalue weighted by molar-refractivity contribution is 7.16.